The van der Waals surface area contributed by atoms with Crippen LogP contribution in [0, 0.1) is 13.8 Å². The highest BCUT2D eigenvalue weighted by Crippen LogP contribution is 2.39. The van der Waals surface area contributed by atoms with Gasteiger partial charge in [-0.25, -0.2) is 4.98 Å². The fraction of sp³-hybridized carbons (Fsp3) is 0.238. The first-order valence-corrected chi connectivity index (χ1v) is 10.4. The van der Waals surface area contributed by atoms with Crippen LogP contribution < -0.4 is 9.64 Å². The van der Waals surface area contributed by atoms with Crippen LogP contribution in [0.3, 0.4) is 0 Å². The van der Waals surface area contributed by atoms with E-state index in [2.05, 4.69) is 11.9 Å². The highest BCUT2D eigenvalue weighted by atomic mass is 35.5. The Balaban J connectivity index is 1.77. The van der Waals surface area contributed by atoms with Gasteiger partial charge in [0.1, 0.15) is 5.75 Å². The third-order valence-electron chi connectivity index (χ3n) is 4.67. The molecule has 1 amide bonds. The second kappa shape index (κ2) is 7.39. The van der Waals surface area contributed by atoms with E-state index < -0.39 is 6.10 Å². The molecule has 0 spiro atoms. The zero-order valence-corrected chi connectivity index (χ0v) is 18.0. The van der Waals surface area contributed by atoms with Gasteiger partial charge < -0.3 is 9.64 Å². The smallest absolute Gasteiger partial charge is 0.268 e. The Hall–Kier alpha value is -2.08. The summed E-state index contributed by atoms with van der Waals surface area (Å²) in [7, 11) is 0. The van der Waals surface area contributed by atoms with Gasteiger partial charge in [-0.2, -0.15) is 0 Å². The van der Waals surface area contributed by atoms with Gasteiger partial charge in [0.2, 0.25) is 0 Å². The summed E-state index contributed by atoms with van der Waals surface area (Å²) in [5, 5.41) is 1.97. The fourth-order valence-electron chi connectivity index (χ4n) is 3.33. The molecule has 0 fully saturated rings. The number of carbonyl (C=O) groups excluding carboxylic acids is 1. The number of rotatable bonds is 3. The van der Waals surface area contributed by atoms with Crippen molar-refractivity contribution in [2.75, 3.05) is 4.90 Å². The van der Waals surface area contributed by atoms with Crippen LogP contribution in [0.25, 0.3) is 11.3 Å². The molecule has 144 valence electrons. The van der Waals surface area contributed by atoms with Crippen LogP contribution in [0.2, 0.25) is 10.0 Å². The molecular formula is C21H18Cl2N2O2S. The molecule has 0 aliphatic carbocycles. The van der Waals surface area contributed by atoms with Gasteiger partial charge in [0.05, 0.1) is 33.0 Å². The Bertz CT molecular complexity index is 1080. The highest BCUT2D eigenvalue weighted by Gasteiger charge is 2.32. The van der Waals surface area contributed by atoms with E-state index in [1.165, 1.54) is 0 Å². The summed E-state index contributed by atoms with van der Waals surface area (Å²) < 4.78 is 5.82. The minimum atomic E-state index is -0.552. The Labute approximate surface area is 177 Å². The topological polar surface area (TPSA) is 42.4 Å². The lowest BCUT2D eigenvalue weighted by Crippen LogP contribution is -2.44. The zero-order valence-electron chi connectivity index (χ0n) is 15.6. The maximum atomic E-state index is 12.9. The number of aryl methyl sites for hydroxylation is 2. The molecular weight excluding hydrogens is 415 g/mol. The Kier molecular flexibility index (Phi) is 5.08. The minimum absolute atomic E-state index is 0.0955. The number of benzene rings is 2. The summed E-state index contributed by atoms with van der Waals surface area (Å²) in [5.41, 5.74) is 3.53. The average molecular weight is 433 g/mol. The van der Waals surface area contributed by atoms with E-state index in [4.69, 9.17) is 27.9 Å². The molecule has 28 heavy (non-hydrogen) atoms. The largest absolute Gasteiger partial charge is 0.479 e. The Morgan fingerprint density at radius 3 is 2.61 bits per heavy atom. The predicted molar refractivity (Wildman–Crippen MR) is 115 cm³/mol. The molecule has 3 aromatic rings. The summed E-state index contributed by atoms with van der Waals surface area (Å²) in [6.45, 7) is 6.19. The predicted octanol–water partition coefficient (Wildman–Crippen LogP) is 6.05. The second-order valence-corrected chi connectivity index (χ2v) is 8.97. The lowest BCUT2D eigenvalue weighted by Gasteiger charge is -2.33. The molecule has 0 radical (unpaired) electrons. The number of hydrogen-bond acceptors (Lipinski definition) is 4. The van der Waals surface area contributed by atoms with Gasteiger partial charge in [-0.3, -0.25) is 4.79 Å². The zero-order chi connectivity index (χ0) is 20.0. The summed E-state index contributed by atoms with van der Waals surface area (Å²) in [6.07, 6.45) is -0.552. The van der Waals surface area contributed by atoms with E-state index in [0.29, 0.717) is 22.3 Å². The molecule has 4 nitrogen and oxygen atoms in total. The summed E-state index contributed by atoms with van der Waals surface area (Å²) in [4.78, 5) is 20.4. The van der Waals surface area contributed by atoms with Crippen LogP contribution in [0.4, 0.5) is 5.69 Å². The number of nitrogens with zero attached hydrogens (tertiary/aromatic N) is 2. The molecule has 0 bridgehead atoms. The molecule has 0 saturated heterocycles. The Morgan fingerprint density at radius 2 is 1.93 bits per heavy atom. The number of amides is 1. The van der Waals surface area contributed by atoms with Crippen molar-refractivity contribution in [3.05, 3.63) is 61.9 Å². The number of anilines is 1. The van der Waals surface area contributed by atoms with Crippen molar-refractivity contribution in [2.24, 2.45) is 0 Å². The molecule has 1 unspecified atom stereocenters. The molecule has 2 aromatic carbocycles. The molecule has 2 heterocycles. The normalized spacial score (nSPS) is 16.1. The number of carbonyl (C=O) groups is 1. The van der Waals surface area contributed by atoms with Gasteiger partial charge >= 0.3 is 0 Å². The first kappa shape index (κ1) is 19.2. The number of aromatic nitrogens is 1. The maximum Gasteiger partial charge on any atom is 0.268 e. The van der Waals surface area contributed by atoms with Gasteiger partial charge in [0, 0.05) is 10.4 Å². The van der Waals surface area contributed by atoms with Crippen LogP contribution in [-0.2, 0) is 11.3 Å². The number of hydrogen-bond donors (Lipinski definition) is 0. The summed E-state index contributed by atoms with van der Waals surface area (Å²) in [6, 6.07) is 11.3. The minimum Gasteiger partial charge on any atom is -0.479 e. The molecule has 0 N–H and O–H groups in total. The van der Waals surface area contributed by atoms with Crippen molar-refractivity contribution >= 4 is 46.1 Å². The van der Waals surface area contributed by atoms with Crippen molar-refractivity contribution < 1.29 is 9.53 Å². The van der Waals surface area contributed by atoms with Crippen molar-refractivity contribution in [3.63, 3.8) is 0 Å². The van der Waals surface area contributed by atoms with E-state index in [0.717, 1.165) is 32.4 Å². The molecule has 0 saturated carbocycles. The van der Waals surface area contributed by atoms with Gasteiger partial charge in [0.25, 0.3) is 5.91 Å². The summed E-state index contributed by atoms with van der Waals surface area (Å²) >= 11 is 13.8. The highest BCUT2D eigenvalue weighted by molar-refractivity contribution is 7.11. The maximum absolute atomic E-state index is 12.9. The van der Waals surface area contributed by atoms with Gasteiger partial charge in [0.15, 0.2) is 6.10 Å². The number of ether oxygens (including phenoxy) is 1. The van der Waals surface area contributed by atoms with Gasteiger partial charge in [-0.05, 0) is 56.7 Å². The van der Waals surface area contributed by atoms with Crippen LogP contribution in [0.15, 0.2) is 36.4 Å². The molecule has 1 aliphatic rings. The second-order valence-electron chi connectivity index (χ2n) is 6.75. The first-order valence-electron chi connectivity index (χ1n) is 8.84. The van der Waals surface area contributed by atoms with E-state index in [-0.39, 0.29) is 5.91 Å². The Morgan fingerprint density at radius 1 is 1.14 bits per heavy atom. The standard InChI is InChI=1S/C21H18Cl2N2O2S/c1-11-21(26)25(10-14-4-6-16(22)17(23)8-14)18-9-15(5-7-19(18)27-11)20-12(2)28-13(3)24-20/h4-9,11H,10H2,1-3H3. The average Bonchev–Trinajstić information content (AvgIpc) is 3.00. The number of thiazole rings is 1. The first-order chi connectivity index (χ1) is 13.3. The third-order valence-corrected chi connectivity index (χ3v) is 6.29. The van der Waals surface area contributed by atoms with E-state index >= 15 is 0 Å². The van der Waals surface area contributed by atoms with Crippen LogP contribution in [0.1, 0.15) is 22.4 Å². The van der Waals surface area contributed by atoms with Crippen molar-refractivity contribution in [3.8, 4) is 17.0 Å². The lowest BCUT2D eigenvalue weighted by molar-refractivity contribution is -0.125. The lowest BCUT2D eigenvalue weighted by atomic mass is 10.1. The van der Waals surface area contributed by atoms with Crippen molar-refractivity contribution in [1.82, 2.24) is 4.98 Å². The SMILES string of the molecule is Cc1nc(-c2ccc3c(c2)N(Cc2ccc(Cl)c(Cl)c2)C(=O)C(C)O3)c(C)s1. The quantitative estimate of drug-likeness (QED) is 0.505. The van der Waals surface area contributed by atoms with E-state index in [1.807, 2.05) is 31.2 Å². The molecule has 1 atom stereocenters. The van der Waals surface area contributed by atoms with Crippen molar-refractivity contribution in [1.29, 1.82) is 0 Å². The number of fused-ring (bicyclic) bond motifs is 1. The molecule has 1 aliphatic heterocycles. The van der Waals surface area contributed by atoms with Crippen LogP contribution in [-0.4, -0.2) is 17.0 Å². The van der Waals surface area contributed by atoms with Crippen molar-refractivity contribution in [2.45, 2.75) is 33.4 Å². The number of halogens is 2. The van der Waals surface area contributed by atoms with E-state index in [9.17, 15) is 4.79 Å². The molecule has 4 rings (SSSR count). The molecule has 1 aromatic heterocycles. The van der Waals surface area contributed by atoms with Gasteiger partial charge in [-0.1, -0.05) is 29.3 Å². The van der Waals surface area contributed by atoms with E-state index in [1.54, 1.807) is 35.3 Å². The van der Waals surface area contributed by atoms with Crippen LogP contribution >= 0.6 is 34.5 Å². The van der Waals surface area contributed by atoms with Gasteiger partial charge in [-0.15, -0.1) is 11.3 Å². The third kappa shape index (κ3) is 3.50. The molecule has 7 heteroatoms. The monoisotopic (exact) mass is 432 g/mol. The summed E-state index contributed by atoms with van der Waals surface area (Å²) in [5.74, 6) is 0.586. The van der Waals surface area contributed by atoms with Crippen LogP contribution in [0.5, 0.6) is 5.75 Å². The fourth-order valence-corrected chi connectivity index (χ4v) is 4.50.